The van der Waals surface area contributed by atoms with Crippen molar-refractivity contribution in [1.29, 1.82) is 0 Å². The Kier molecular flexibility index (Phi) is 2.41. The van der Waals surface area contributed by atoms with Gasteiger partial charge in [0.2, 0.25) is 11.7 Å². The number of fused-ring (bicyclic) bond motifs is 2. The maximum Gasteiger partial charge on any atom is 0.238 e. The van der Waals surface area contributed by atoms with E-state index in [0.29, 0.717) is 5.78 Å². The van der Waals surface area contributed by atoms with Gasteiger partial charge >= 0.3 is 0 Å². The minimum Gasteiger partial charge on any atom is -0.367 e. The zero-order valence-corrected chi connectivity index (χ0v) is 11.4. The van der Waals surface area contributed by atoms with Crippen molar-refractivity contribution in [2.45, 2.75) is 13.3 Å². The summed E-state index contributed by atoms with van der Waals surface area (Å²) in [6.07, 6.45) is 10.2. The van der Waals surface area contributed by atoms with Gasteiger partial charge in [0, 0.05) is 35.4 Å². The average molecular weight is 279 g/mol. The van der Waals surface area contributed by atoms with Crippen molar-refractivity contribution in [2.24, 2.45) is 0 Å². The van der Waals surface area contributed by atoms with Gasteiger partial charge in [-0.3, -0.25) is 4.40 Å². The molecule has 0 aliphatic heterocycles. The minimum absolute atomic E-state index is 0.251. The molecular formula is C14H13N7. The molecule has 0 saturated carbocycles. The summed E-state index contributed by atoms with van der Waals surface area (Å²) in [4.78, 5) is 12.8. The summed E-state index contributed by atoms with van der Waals surface area (Å²) in [5, 5.41) is 4.15. The Labute approximate surface area is 120 Å². The summed E-state index contributed by atoms with van der Waals surface area (Å²) in [5.41, 5.74) is 9.63. The number of imidazole rings is 1. The Morgan fingerprint density at radius 3 is 2.86 bits per heavy atom. The van der Waals surface area contributed by atoms with Crippen LogP contribution in [0.15, 0.2) is 37.1 Å². The summed E-state index contributed by atoms with van der Waals surface area (Å²) < 4.78 is 3.73. The fraction of sp³-hybridized carbons (Fsp3) is 0.143. The van der Waals surface area contributed by atoms with Crippen LogP contribution in [-0.4, -0.2) is 29.0 Å². The number of nitrogens with two attached hydrogens (primary N) is 1. The molecule has 7 heteroatoms. The number of hydrogen-bond acceptors (Lipinski definition) is 5. The third-order valence-corrected chi connectivity index (χ3v) is 3.55. The van der Waals surface area contributed by atoms with Gasteiger partial charge in [-0.1, -0.05) is 6.92 Å². The third kappa shape index (κ3) is 1.74. The predicted octanol–water partition coefficient (Wildman–Crippen LogP) is 1.58. The quantitative estimate of drug-likeness (QED) is 0.602. The summed E-state index contributed by atoms with van der Waals surface area (Å²) in [7, 11) is 0. The fourth-order valence-corrected chi connectivity index (χ4v) is 2.48. The normalized spacial score (nSPS) is 11.5. The number of hydrogen-bond donors (Lipinski definition) is 1. The molecule has 0 spiro atoms. The van der Waals surface area contributed by atoms with Crippen LogP contribution in [0.3, 0.4) is 0 Å². The standard InChI is InChI=1S/C14H13N7/c1-2-10-6-18-14-17-5-9(8-20(10)14)11-3-4-21-12(11)7-16-13(15)19-21/h3-8H,2H2,1H3,(H2,15,19). The molecule has 0 aromatic carbocycles. The van der Waals surface area contributed by atoms with E-state index in [1.807, 2.05) is 35.3 Å². The van der Waals surface area contributed by atoms with Crippen molar-refractivity contribution in [3.8, 4) is 11.1 Å². The zero-order valence-electron chi connectivity index (χ0n) is 11.4. The number of nitrogen functional groups attached to an aromatic ring is 1. The Morgan fingerprint density at radius 2 is 2.00 bits per heavy atom. The van der Waals surface area contributed by atoms with Crippen LogP contribution in [0.25, 0.3) is 22.4 Å². The van der Waals surface area contributed by atoms with Crippen molar-refractivity contribution in [1.82, 2.24) is 29.0 Å². The first-order chi connectivity index (χ1) is 10.3. The van der Waals surface area contributed by atoms with E-state index in [-0.39, 0.29) is 5.95 Å². The van der Waals surface area contributed by atoms with Crippen molar-refractivity contribution in [3.05, 3.63) is 42.7 Å². The molecule has 0 aliphatic rings. The van der Waals surface area contributed by atoms with Crippen LogP contribution < -0.4 is 5.73 Å². The second-order valence-electron chi connectivity index (χ2n) is 4.79. The molecule has 4 aromatic rings. The zero-order chi connectivity index (χ0) is 14.4. The maximum atomic E-state index is 5.60. The van der Waals surface area contributed by atoms with Crippen molar-refractivity contribution in [3.63, 3.8) is 0 Å². The van der Waals surface area contributed by atoms with Gasteiger partial charge in [0.15, 0.2) is 0 Å². The molecule has 0 fully saturated rings. The number of rotatable bonds is 2. The first-order valence-corrected chi connectivity index (χ1v) is 6.68. The van der Waals surface area contributed by atoms with Gasteiger partial charge in [-0.15, -0.1) is 5.10 Å². The summed E-state index contributed by atoms with van der Waals surface area (Å²) in [6.45, 7) is 2.10. The molecule has 4 rings (SSSR count). The lowest BCUT2D eigenvalue weighted by Crippen LogP contribution is -1.99. The Morgan fingerprint density at radius 1 is 1.14 bits per heavy atom. The lowest BCUT2D eigenvalue weighted by atomic mass is 10.1. The second-order valence-corrected chi connectivity index (χ2v) is 4.79. The molecule has 0 radical (unpaired) electrons. The molecule has 0 amide bonds. The molecule has 4 aromatic heterocycles. The SMILES string of the molecule is CCc1cnc2ncc(-c3ccn4nc(N)ncc34)cn12. The Bertz CT molecular complexity index is 950. The summed E-state index contributed by atoms with van der Waals surface area (Å²) in [5.74, 6) is 0.959. The molecule has 0 saturated heterocycles. The molecule has 0 unspecified atom stereocenters. The number of aryl methyl sites for hydroxylation is 1. The van der Waals surface area contributed by atoms with E-state index < -0.39 is 0 Å². The highest BCUT2D eigenvalue weighted by molar-refractivity contribution is 5.79. The van der Waals surface area contributed by atoms with E-state index in [2.05, 4.69) is 27.0 Å². The molecule has 2 N–H and O–H groups in total. The second kappa shape index (κ2) is 4.27. The van der Waals surface area contributed by atoms with Gasteiger partial charge in [0.25, 0.3) is 0 Å². The van der Waals surface area contributed by atoms with Crippen molar-refractivity contribution in [2.75, 3.05) is 5.73 Å². The molecule has 4 heterocycles. The van der Waals surface area contributed by atoms with Gasteiger partial charge in [-0.05, 0) is 12.5 Å². The van der Waals surface area contributed by atoms with E-state index in [1.165, 1.54) is 0 Å². The van der Waals surface area contributed by atoms with Crippen LogP contribution in [0, 0.1) is 0 Å². The van der Waals surface area contributed by atoms with Gasteiger partial charge in [0.1, 0.15) is 0 Å². The van der Waals surface area contributed by atoms with Crippen LogP contribution in [0.4, 0.5) is 5.95 Å². The Balaban J connectivity index is 1.95. The van der Waals surface area contributed by atoms with Gasteiger partial charge in [-0.2, -0.15) is 0 Å². The van der Waals surface area contributed by atoms with Gasteiger partial charge in [0.05, 0.1) is 17.9 Å². The highest BCUT2D eigenvalue weighted by Gasteiger charge is 2.10. The van der Waals surface area contributed by atoms with Crippen molar-refractivity contribution >= 4 is 17.2 Å². The Hall–Kier alpha value is -2.96. The average Bonchev–Trinajstić information content (AvgIpc) is 3.09. The van der Waals surface area contributed by atoms with Gasteiger partial charge < -0.3 is 5.73 Å². The topological polar surface area (TPSA) is 86.4 Å². The van der Waals surface area contributed by atoms with E-state index in [1.54, 1.807) is 10.7 Å². The predicted molar refractivity (Wildman–Crippen MR) is 78.8 cm³/mol. The third-order valence-electron chi connectivity index (χ3n) is 3.55. The molecule has 0 aliphatic carbocycles. The van der Waals surface area contributed by atoms with Crippen LogP contribution >= 0.6 is 0 Å². The molecular weight excluding hydrogens is 266 g/mol. The maximum absolute atomic E-state index is 5.60. The first kappa shape index (κ1) is 11.8. The van der Waals surface area contributed by atoms with Crippen LogP contribution in [0.2, 0.25) is 0 Å². The van der Waals surface area contributed by atoms with E-state index in [4.69, 9.17) is 5.73 Å². The highest BCUT2D eigenvalue weighted by atomic mass is 15.3. The molecule has 0 bridgehead atoms. The summed E-state index contributed by atoms with van der Waals surface area (Å²) >= 11 is 0. The van der Waals surface area contributed by atoms with Crippen molar-refractivity contribution < 1.29 is 0 Å². The lowest BCUT2D eigenvalue weighted by molar-refractivity contribution is 0.917. The smallest absolute Gasteiger partial charge is 0.238 e. The van der Waals surface area contributed by atoms with Crippen LogP contribution in [-0.2, 0) is 6.42 Å². The number of anilines is 1. The monoisotopic (exact) mass is 279 g/mol. The molecule has 0 atom stereocenters. The first-order valence-electron chi connectivity index (χ1n) is 6.68. The van der Waals surface area contributed by atoms with E-state index in [0.717, 1.165) is 28.8 Å². The van der Waals surface area contributed by atoms with Gasteiger partial charge in [-0.25, -0.2) is 19.5 Å². The van der Waals surface area contributed by atoms with Crippen LogP contribution in [0.5, 0.6) is 0 Å². The van der Waals surface area contributed by atoms with E-state index in [9.17, 15) is 0 Å². The minimum atomic E-state index is 0.251. The fourth-order valence-electron chi connectivity index (χ4n) is 2.48. The summed E-state index contributed by atoms with van der Waals surface area (Å²) in [6, 6.07) is 1.98. The largest absolute Gasteiger partial charge is 0.367 e. The van der Waals surface area contributed by atoms with Crippen LogP contribution in [0.1, 0.15) is 12.6 Å². The molecule has 104 valence electrons. The number of aromatic nitrogens is 6. The van der Waals surface area contributed by atoms with E-state index >= 15 is 0 Å². The highest BCUT2D eigenvalue weighted by Crippen LogP contribution is 2.25. The number of nitrogens with zero attached hydrogens (tertiary/aromatic N) is 6. The lowest BCUT2D eigenvalue weighted by Gasteiger charge is -2.03. The molecule has 21 heavy (non-hydrogen) atoms. The molecule has 7 nitrogen and oxygen atoms in total.